The molecule has 3 heteroatoms. The van der Waals surface area contributed by atoms with Gasteiger partial charge in [-0.2, -0.15) is 0 Å². The first kappa shape index (κ1) is 22.4. The lowest BCUT2D eigenvalue weighted by atomic mass is 9.87. The van der Waals surface area contributed by atoms with Crippen LogP contribution in [0.2, 0.25) is 0 Å². The average molecular weight is 749 g/mol. The fraction of sp³-hybridized carbons (Fsp3) is 0. The second-order valence-electron chi connectivity index (χ2n) is 14.9. The Hall–Kier alpha value is -7.20. The Morgan fingerprint density at radius 3 is 1.74 bits per heavy atom. The number of benzene rings is 9. The first-order valence-corrected chi connectivity index (χ1v) is 19.7. The summed E-state index contributed by atoms with van der Waals surface area (Å²) < 4.78 is 94.7. The van der Waals surface area contributed by atoms with Gasteiger partial charge in [-0.05, 0) is 75.8 Å². The number of hydrogen-bond acceptors (Lipinski definition) is 1. The minimum atomic E-state index is -0.529. The lowest BCUT2D eigenvalue weighted by molar-refractivity contribution is 1.36. The van der Waals surface area contributed by atoms with Crippen molar-refractivity contribution in [2.45, 2.75) is 0 Å². The van der Waals surface area contributed by atoms with E-state index >= 15 is 0 Å². The number of hydrogen-bond donors (Lipinski definition) is 0. The van der Waals surface area contributed by atoms with E-state index in [9.17, 15) is 0 Å². The second-order valence-corrected chi connectivity index (χ2v) is 15.9. The maximum Gasteiger partial charge on any atom is 0.0635 e. The maximum absolute atomic E-state index is 9.10. The van der Waals surface area contributed by atoms with E-state index in [4.69, 9.17) is 13.7 Å². The first-order valence-electron chi connectivity index (χ1n) is 23.9. The number of para-hydroxylation sites is 2. The van der Waals surface area contributed by atoms with Crippen molar-refractivity contribution in [1.82, 2.24) is 8.80 Å². The van der Waals surface area contributed by atoms with E-state index in [-0.39, 0.29) is 22.3 Å². The van der Waals surface area contributed by atoms with E-state index in [1.54, 1.807) is 29.5 Å². The van der Waals surface area contributed by atoms with Crippen molar-refractivity contribution in [2.75, 3.05) is 0 Å². The molecule has 0 bridgehead atoms. The van der Waals surface area contributed by atoms with Crippen LogP contribution in [0.5, 0.6) is 0 Å². The van der Waals surface area contributed by atoms with Gasteiger partial charge in [0.25, 0.3) is 0 Å². The summed E-state index contributed by atoms with van der Waals surface area (Å²) in [5, 5.41) is 11.2. The van der Waals surface area contributed by atoms with E-state index in [0.29, 0.717) is 11.1 Å². The molecule has 14 rings (SSSR count). The number of rotatable bonds is 3. The molecule has 0 amide bonds. The standard InChI is InChI=1S/C54H30N2S/c1-3-13-31(14-4-1)34-19-11-20-35(32-15-5-2-6-16-32)50(34)33-25-26-46-44(27-33)51-53-42(28-43-37-18-8-10-24-49(37)57-54(43)51)41-30-47-40(29-48(41)56(46)53)39-22-12-21-38-36-17-7-9-23-45(36)55(47)52(38)39/h1-30H/i1D,2D,3D,4D,5D,6D,13D,14D,15D,16D. The minimum Gasteiger partial charge on any atom is -0.308 e. The molecule has 0 aliphatic rings. The van der Waals surface area contributed by atoms with E-state index in [2.05, 4.69) is 106 Å². The predicted octanol–water partition coefficient (Wildman–Crippen LogP) is 15.4. The summed E-state index contributed by atoms with van der Waals surface area (Å²) in [6.45, 7) is 0. The molecule has 2 nitrogen and oxygen atoms in total. The Morgan fingerprint density at radius 2 is 0.982 bits per heavy atom. The molecule has 14 aromatic rings. The van der Waals surface area contributed by atoms with Crippen molar-refractivity contribution in [3.8, 4) is 33.4 Å². The number of nitrogens with zero attached hydrogens (tertiary/aromatic N) is 2. The van der Waals surface area contributed by atoms with Gasteiger partial charge in [-0.3, -0.25) is 0 Å². The summed E-state index contributed by atoms with van der Waals surface area (Å²) in [5.41, 5.74) is 7.95. The van der Waals surface area contributed by atoms with Crippen LogP contribution in [0.15, 0.2) is 182 Å². The largest absolute Gasteiger partial charge is 0.308 e. The molecular weight excluding hydrogens is 709 g/mol. The third kappa shape index (κ3) is 3.80. The molecule has 0 saturated heterocycles. The van der Waals surface area contributed by atoms with Crippen molar-refractivity contribution in [2.24, 2.45) is 0 Å². The van der Waals surface area contributed by atoms with Gasteiger partial charge in [-0.25, -0.2) is 0 Å². The summed E-state index contributed by atoms with van der Waals surface area (Å²) in [4.78, 5) is 0. The van der Waals surface area contributed by atoms with Crippen LogP contribution in [-0.2, 0) is 0 Å². The Labute approximate surface area is 344 Å². The van der Waals surface area contributed by atoms with Crippen LogP contribution in [0.3, 0.4) is 0 Å². The van der Waals surface area contributed by atoms with Gasteiger partial charge < -0.3 is 8.80 Å². The highest BCUT2D eigenvalue weighted by molar-refractivity contribution is 7.26. The fourth-order valence-electron chi connectivity index (χ4n) is 9.91. The highest BCUT2D eigenvalue weighted by atomic mass is 32.1. The number of aromatic nitrogens is 2. The quantitative estimate of drug-likeness (QED) is 0.170. The smallest absolute Gasteiger partial charge is 0.0635 e. The normalized spacial score (nSPS) is 15.0. The highest BCUT2D eigenvalue weighted by Crippen LogP contribution is 2.50. The third-order valence-corrected chi connectivity index (χ3v) is 13.3. The topological polar surface area (TPSA) is 8.82 Å². The number of thiophene rings is 1. The molecule has 0 fully saturated rings. The molecule has 0 saturated carbocycles. The molecule has 0 unspecified atom stereocenters. The summed E-state index contributed by atoms with van der Waals surface area (Å²) in [7, 11) is 0. The molecular formula is C54H30N2S. The zero-order chi connectivity index (χ0) is 45.6. The van der Waals surface area contributed by atoms with Gasteiger partial charge in [-0.1, -0.05) is 139 Å². The highest BCUT2D eigenvalue weighted by Gasteiger charge is 2.25. The lowest BCUT2D eigenvalue weighted by Crippen LogP contribution is -1.91. The minimum absolute atomic E-state index is 0.0518. The van der Waals surface area contributed by atoms with Crippen LogP contribution < -0.4 is 0 Å². The summed E-state index contributed by atoms with van der Waals surface area (Å²) in [6.07, 6.45) is 0. The SMILES string of the molecule is [2H]c1c([2H])c([2H])c(-c2cccc(-c3c([2H])c([2H])c([2H])c([2H])c3[2H])c2-c2ccc3c(c2)c2c4sc5ccccc5c4cc4c5cc6c(cc5n3c42)c2cccc3c4ccccc4n6c32)c([2H])c1[2H]. The Bertz CT molecular complexity index is 4440. The van der Waals surface area contributed by atoms with Crippen molar-refractivity contribution >= 4 is 108 Å². The van der Waals surface area contributed by atoms with Crippen LogP contribution >= 0.6 is 11.3 Å². The van der Waals surface area contributed by atoms with Gasteiger partial charge in [0.15, 0.2) is 0 Å². The zero-order valence-electron chi connectivity index (χ0n) is 39.8. The van der Waals surface area contributed by atoms with Crippen molar-refractivity contribution in [3.63, 3.8) is 0 Å². The summed E-state index contributed by atoms with van der Waals surface area (Å²) in [6, 6.07) is 36.9. The molecule has 5 heterocycles. The monoisotopic (exact) mass is 748 g/mol. The third-order valence-electron chi connectivity index (χ3n) is 12.1. The first-order chi connectivity index (χ1) is 32.4. The van der Waals surface area contributed by atoms with E-state index in [1.165, 1.54) is 21.7 Å². The molecule has 0 N–H and O–H groups in total. The van der Waals surface area contributed by atoms with E-state index in [0.717, 1.165) is 74.7 Å². The van der Waals surface area contributed by atoms with Gasteiger partial charge in [-0.15, -0.1) is 11.3 Å². The Morgan fingerprint density at radius 1 is 0.386 bits per heavy atom. The lowest BCUT2D eigenvalue weighted by Gasteiger charge is -2.16. The van der Waals surface area contributed by atoms with Crippen LogP contribution in [0, 0.1) is 0 Å². The average Bonchev–Trinajstić information content (AvgIpc) is 4.14. The molecule has 9 aromatic carbocycles. The molecule has 5 aromatic heterocycles. The van der Waals surface area contributed by atoms with E-state index in [1.807, 2.05) is 6.07 Å². The van der Waals surface area contributed by atoms with Crippen LogP contribution in [0.1, 0.15) is 13.7 Å². The van der Waals surface area contributed by atoms with Gasteiger partial charge >= 0.3 is 0 Å². The van der Waals surface area contributed by atoms with Gasteiger partial charge in [0.2, 0.25) is 0 Å². The molecule has 57 heavy (non-hydrogen) atoms. The molecule has 262 valence electrons. The molecule has 0 spiro atoms. The van der Waals surface area contributed by atoms with Crippen molar-refractivity contribution in [1.29, 1.82) is 0 Å². The Balaban J connectivity index is 1.15. The second kappa shape index (κ2) is 10.8. The van der Waals surface area contributed by atoms with Gasteiger partial charge in [0, 0.05) is 63.3 Å². The van der Waals surface area contributed by atoms with Crippen LogP contribution in [-0.4, -0.2) is 8.80 Å². The summed E-state index contributed by atoms with van der Waals surface area (Å²) >= 11 is 1.73. The predicted molar refractivity (Wildman–Crippen MR) is 245 cm³/mol. The van der Waals surface area contributed by atoms with Crippen LogP contribution in [0.25, 0.3) is 130 Å². The van der Waals surface area contributed by atoms with Crippen molar-refractivity contribution in [3.05, 3.63) is 182 Å². The molecule has 0 aliphatic carbocycles. The van der Waals surface area contributed by atoms with Gasteiger partial charge in [0.05, 0.1) is 46.8 Å². The van der Waals surface area contributed by atoms with Crippen molar-refractivity contribution < 1.29 is 13.7 Å². The molecule has 0 aliphatic heterocycles. The molecule has 0 radical (unpaired) electrons. The maximum atomic E-state index is 9.10. The van der Waals surface area contributed by atoms with Gasteiger partial charge in [0.1, 0.15) is 0 Å². The zero-order valence-corrected chi connectivity index (χ0v) is 30.7. The van der Waals surface area contributed by atoms with E-state index < -0.39 is 60.4 Å². The summed E-state index contributed by atoms with van der Waals surface area (Å²) in [5.74, 6) is 0. The number of fused-ring (bicyclic) bond motifs is 16. The molecule has 0 atom stereocenters. The van der Waals surface area contributed by atoms with Crippen LogP contribution in [0.4, 0.5) is 0 Å². The fourth-order valence-corrected chi connectivity index (χ4v) is 11.1. The Kier molecular flexibility index (Phi) is 4.22.